The normalized spacial score (nSPS) is 14.9. The number of hydrogen-bond acceptors (Lipinski definition) is 3. The van der Waals surface area contributed by atoms with Crippen LogP contribution in [0.1, 0.15) is 24.1 Å². The van der Waals surface area contributed by atoms with Crippen LogP contribution in [0.15, 0.2) is 24.3 Å². The van der Waals surface area contributed by atoms with E-state index in [9.17, 15) is 21.6 Å². The monoisotopic (exact) mass is 399 g/mol. The van der Waals surface area contributed by atoms with Gasteiger partial charge in [-0.25, -0.2) is 0 Å². The molecule has 1 unspecified atom stereocenters. The molecule has 0 spiro atoms. The van der Waals surface area contributed by atoms with Crippen molar-refractivity contribution in [2.45, 2.75) is 22.9 Å². The van der Waals surface area contributed by atoms with Crippen LogP contribution in [0, 0.1) is 0 Å². The van der Waals surface area contributed by atoms with Crippen molar-refractivity contribution in [2.75, 3.05) is 6.61 Å². The SMILES string of the molecule is CC(NS(=O)(=O)OCC(Cl)(Cl)Cl)c1ccc(C(F)(F)F)cc1. The minimum atomic E-state index is -4.46. The third-order valence-electron chi connectivity index (χ3n) is 2.44. The number of benzene rings is 1. The van der Waals surface area contributed by atoms with E-state index in [2.05, 4.69) is 8.91 Å². The summed E-state index contributed by atoms with van der Waals surface area (Å²) in [4.78, 5) is 0. The summed E-state index contributed by atoms with van der Waals surface area (Å²) >= 11 is 16.1. The van der Waals surface area contributed by atoms with Crippen LogP contribution in [0.5, 0.6) is 0 Å². The van der Waals surface area contributed by atoms with Gasteiger partial charge in [-0.3, -0.25) is 4.18 Å². The molecule has 1 rings (SSSR count). The number of rotatable bonds is 5. The molecule has 0 amide bonds. The Morgan fingerprint density at radius 1 is 1.18 bits per heavy atom. The quantitative estimate of drug-likeness (QED) is 0.761. The Kier molecular flexibility index (Phi) is 6.39. The standard InChI is InChI=1S/C11H11Cl3F3NO3S/c1-7(18-22(19,20)21-6-10(12,13)14)8-2-4-9(5-3-8)11(15,16)17/h2-5,7,18H,6H2,1H3. The molecule has 0 saturated heterocycles. The van der Waals surface area contributed by atoms with E-state index in [0.717, 1.165) is 24.3 Å². The first kappa shape index (κ1) is 19.8. The van der Waals surface area contributed by atoms with Crippen molar-refractivity contribution in [1.29, 1.82) is 0 Å². The average Bonchev–Trinajstić information content (AvgIpc) is 2.34. The maximum Gasteiger partial charge on any atom is 0.416 e. The van der Waals surface area contributed by atoms with Crippen molar-refractivity contribution in [3.05, 3.63) is 35.4 Å². The van der Waals surface area contributed by atoms with Crippen molar-refractivity contribution in [3.8, 4) is 0 Å². The predicted octanol–water partition coefficient (Wildman–Crippen LogP) is 3.99. The van der Waals surface area contributed by atoms with Gasteiger partial charge >= 0.3 is 16.5 Å². The van der Waals surface area contributed by atoms with Gasteiger partial charge in [0.15, 0.2) is 0 Å². The highest BCUT2D eigenvalue weighted by atomic mass is 35.6. The van der Waals surface area contributed by atoms with Crippen LogP contribution in [-0.4, -0.2) is 18.8 Å². The molecule has 0 aliphatic heterocycles. The van der Waals surface area contributed by atoms with Crippen LogP contribution in [0.3, 0.4) is 0 Å². The first-order valence-corrected chi connectivity index (χ1v) is 8.25. The highest BCUT2D eigenvalue weighted by molar-refractivity contribution is 7.84. The summed E-state index contributed by atoms with van der Waals surface area (Å²) in [5.41, 5.74) is -0.521. The Bertz CT molecular complexity index is 600. The third kappa shape index (κ3) is 6.89. The van der Waals surface area contributed by atoms with Crippen molar-refractivity contribution < 1.29 is 25.8 Å². The molecule has 0 fully saturated rings. The van der Waals surface area contributed by atoms with E-state index in [1.54, 1.807) is 0 Å². The molecular formula is C11H11Cl3F3NO3S. The molecule has 126 valence electrons. The van der Waals surface area contributed by atoms with Gasteiger partial charge in [-0.2, -0.15) is 26.3 Å². The summed E-state index contributed by atoms with van der Waals surface area (Å²) in [6, 6.07) is 3.18. The molecule has 1 aromatic rings. The van der Waals surface area contributed by atoms with Gasteiger partial charge in [0.1, 0.15) is 6.61 Å². The maximum atomic E-state index is 12.4. The third-order valence-corrected chi connectivity index (χ3v) is 3.83. The Hall–Kier alpha value is -0.250. The first-order chi connectivity index (χ1) is 9.80. The smallest absolute Gasteiger partial charge is 0.254 e. The number of alkyl halides is 6. The molecule has 22 heavy (non-hydrogen) atoms. The van der Waals surface area contributed by atoms with Gasteiger partial charge in [0.2, 0.25) is 3.79 Å². The molecule has 0 heterocycles. The molecule has 1 N–H and O–H groups in total. The van der Waals surface area contributed by atoms with Crippen LogP contribution in [-0.2, 0) is 20.7 Å². The van der Waals surface area contributed by atoms with Crippen LogP contribution in [0.25, 0.3) is 0 Å². The number of hydrogen-bond donors (Lipinski definition) is 1. The summed E-state index contributed by atoms with van der Waals surface area (Å²) < 4.78 is 65.1. The minimum absolute atomic E-state index is 0.314. The lowest BCUT2D eigenvalue weighted by molar-refractivity contribution is -0.137. The van der Waals surface area contributed by atoms with Gasteiger partial charge in [-0.05, 0) is 24.6 Å². The topological polar surface area (TPSA) is 55.4 Å². The molecule has 1 atom stereocenters. The first-order valence-electron chi connectivity index (χ1n) is 5.71. The van der Waals surface area contributed by atoms with Crippen molar-refractivity contribution >= 4 is 45.1 Å². The fourth-order valence-electron chi connectivity index (χ4n) is 1.42. The summed E-state index contributed by atoms with van der Waals surface area (Å²) in [6.07, 6.45) is -4.46. The summed E-state index contributed by atoms with van der Waals surface area (Å²) in [5, 5.41) is 0. The number of nitrogens with one attached hydrogen (secondary N) is 1. The van der Waals surface area contributed by atoms with E-state index in [-0.39, 0.29) is 0 Å². The van der Waals surface area contributed by atoms with Gasteiger partial charge < -0.3 is 0 Å². The molecular weight excluding hydrogens is 390 g/mol. The molecule has 0 aliphatic carbocycles. The molecule has 4 nitrogen and oxygen atoms in total. The zero-order valence-corrected chi connectivity index (χ0v) is 14.1. The maximum absolute atomic E-state index is 12.4. The molecule has 0 saturated carbocycles. The van der Waals surface area contributed by atoms with E-state index < -0.39 is 38.5 Å². The summed E-state index contributed by atoms with van der Waals surface area (Å²) in [5.74, 6) is 0. The zero-order valence-electron chi connectivity index (χ0n) is 11.0. The van der Waals surface area contributed by atoms with Crippen molar-refractivity contribution in [2.24, 2.45) is 0 Å². The van der Waals surface area contributed by atoms with Gasteiger partial charge in [0, 0.05) is 6.04 Å². The lowest BCUT2D eigenvalue weighted by atomic mass is 10.1. The summed E-state index contributed by atoms with van der Waals surface area (Å²) in [7, 11) is -4.23. The van der Waals surface area contributed by atoms with Gasteiger partial charge in [-0.1, -0.05) is 46.9 Å². The molecule has 0 bridgehead atoms. The van der Waals surface area contributed by atoms with E-state index in [1.807, 2.05) is 0 Å². The summed E-state index contributed by atoms with van der Waals surface area (Å²) in [6.45, 7) is 0.728. The van der Waals surface area contributed by atoms with E-state index in [1.165, 1.54) is 6.92 Å². The molecule has 1 aromatic carbocycles. The van der Waals surface area contributed by atoms with E-state index >= 15 is 0 Å². The van der Waals surface area contributed by atoms with Crippen LogP contribution in [0.4, 0.5) is 13.2 Å². The minimum Gasteiger partial charge on any atom is -0.254 e. The van der Waals surface area contributed by atoms with E-state index in [0.29, 0.717) is 5.56 Å². The van der Waals surface area contributed by atoms with Gasteiger partial charge in [0.25, 0.3) is 0 Å². The Morgan fingerprint density at radius 2 is 1.68 bits per heavy atom. The fraction of sp³-hybridized carbons (Fsp3) is 0.455. The Balaban J connectivity index is 2.74. The lowest BCUT2D eigenvalue weighted by Crippen LogP contribution is -2.31. The molecule has 0 aromatic heterocycles. The van der Waals surface area contributed by atoms with Crippen LogP contribution >= 0.6 is 34.8 Å². The second kappa shape index (κ2) is 7.11. The van der Waals surface area contributed by atoms with Crippen LogP contribution < -0.4 is 4.72 Å². The van der Waals surface area contributed by atoms with Gasteiger partial charge in [0.05, 0.1) is 5.56 Å². The number of halogens is 6. The zero-order chi connectivity index (χ0) is 17.2. The molecule has 0 aliphatic rings. The fourth-order valence-corrected chi connectivity index (χ4v) is 2.75. The Labute approximate surface area is 140 Å². The highest BCUT2D eigenvalue weighted by Gasteiger charge is 2.30. The molecule has 11 heteroatoms. The average molecular weight is 401 g/mol. The van der Waals surface area contributed by atoms with Gasteiger partial charge in [-0.15, -0.1) is 0 Å². The molecule has 0 radical (unpaired) electrons. The largest absolute Gasteiger partial charge is 0.416 e. The van der Waals surface area contributed by atoms with E-state index in [4.69, 9.17) is 34.8 Å². The Morgan fingerprint density at radius 3 is 2.09 bits per heavy atom. The van der Waals surface area contributed by atoms with Crippen LogP contribution in [0.2, 0.25) is 0 Å². The highest BCUT2D eigenvalue weighted by Crippen LogP contribution is 2.30. The van der Waals surface area contributed by atoms with Crippen molar-refractivity contribution in [1.82, 2.24) is 4.72 Å². The van der Waals surface area contributed by atoms with Crippen molar-refractivity contribution in [3.63, 3.8) is 0 Å². The lowest BCUT2D eigenvalue weighted by Gasteiger charge is -2.17. The predicted molar refractivity (Wildman–Crippen MR) is 78.2 cm³/mol. The second-order valence-corrected chi connectivity index (χ2v) is 8.19. The second-order valence-electron chi connectivity index (χ2n) is 4.29.